The molecule has 0 saturated heterocycles. The summed E-state index contributed by atoms with van der Waals surface area (Å²) in [5.41, 5.74) is 0.743. The quantitative estimate of drug-likeness (QED) is 0.431. The Kier molecular flexibility index (Phi) is 7.07. The third-order valence-electron chi connectivity index (χ3n) is 3.68. The van der Waals surface area contributed by atoms with Crippen LogP contribution in [0.4, 0.5) is 11.4 Å². The van der Waals surface area contributed by atoms with Crippen molar-refractivity contribution in [3.05, 3.63) is 64.2 Å². The van der Waals surface area contributed by atoms with E-state index < -0.39 is 27.4 Å². The van der Waals surface area contributed by atoms with Crippen molar-refractivity contribution in [2.45, 2.75) is 31.3 Å². The molecule has 0 heterocycles. The van der Waals surface area contributed by atoms with E-state index in [1.54, 1.807) is 0 Å². The first-order valence-corrected chi connectivity index (χ1v) is 10.0. The number of hydrogen-bond donors (Lipinski definition) is 3. The molecule has 0 aliphatic carbocycles. The standard InChI is InChI=1S/C18H22N4O5S/c1-13(2)21-16-9-8-15(10-17(16)22(24)25)28(26,27)20-12-18(23)19-11-14-6-4-3-5-7-14/h3-10,13,20-21H,11-12H2,1-2H3,(H,19,23). The lowest BCUT2D eigenvalue weighted by molar-refractivity contribution is -0.384. The van der Waals surface area contributed by atoms with Crippen LogP contribution in [0.15, 0.2) is 53.4 Å². The van der Waals surface area contributed by atoms with E-state index in [0.29, 0.717) is 0 Å². The summed E-state index contributed by atoms with van der Waals surface area (Å²) < 4.78 is 26.9. The monoisotopic (exact) mass is 406 g/mol. The first-order chi connectivity index (χ1) is 13.2. The van der Waals surface area contributed by atoms with Gasteiger partial charge in [0.1, 0.15) is 5.69 Å². The molecule has 0 saturated carbocycles. The highest BCUT2D eigenvalue weighted by Crippen LogP contribution is 2.28. The molecule has 9 nitrogen and oxygen atoms in total. The highest BCUT2D eigenvalue weighted by Gasteiger charge is 2.22. The summed E-state index contributed by atoms with van der Waals surface area (Å²) >= 11 is 0. The van der Waals surface area contributed by atoms with Gasteiger partial charge in [0.25, 0.3) is 5.69 Å². The summed E-state index contributed by atoms with van der Waals surface area (Å²) in [5, 5.41) is 16.7. The molecule has 0 aliphatic heterocycles. The van der Waals surface area contributed by atoms with Gasteiger partial charge in [0.15, 0.2) is 0 Å². The van der Waals surface area contributed by atoms with Crippen LogP contribution in [0.1, 0.15) is 19.4 Å². The van der Waals surface area contributed by atoms with Gasteiger partial charge in [-0.1, -0.05) is 30.3 Å². The third-order valence-corrected chi connectivity index (χ3v) is 5.07. The first-order valence-electron chi connectivity index (χ1n) is 8.54. The van der Waals surface area contributed by atoms with Crippen LogP contribution in [0, 0.1) is 10.1 Å². The van der Waals surface area contributed by atoms with Crippen LogP contribution >= 0.6 is 0 Å². The number of nitro benzene ring substituents is 1. The molecule has 2 aromatic carbocycles. The number of carbonyl (C=O) groups excluding carboxylic acids is 1. The van der Waals surface area contributed by atoms with Crippen molar-refractivity contribution in [1.29, 1.82) is 0 Å². The summed E-state index contributed by atoms with van der Waals surface area (Å²) in [6.07, 6.45) is 0. The maximum Gasteiger partial charge on any atom is 0.293 e. The van der Waals surface area contributed by atoms with Crippen molar-refractivity contribution < 1.29 is 18.1 Å². The molecule has 10 heteroatoms. The number of nitrogens with one attached hydrogen (secondary N) is 3. The molecule has 0 unspecified atom stereocenters. The average molecular weight is 406 g/mol. The normalized spacial score (nSPS) is 11.2. The van der Waals surface area contributed by atoms with Crippen molar-refractivity contribution in [3.63, 3.8) is 0 Å². The van der Waals surface area contributed by atoms with Gasteiger partial charge >= 0.3 is 0 Å². The van der Waals surface area contributed by atoms with Gasteiger partial charge in [0, 0.05) is 18.7 Å². The van der Waals surface area contributed by atoms with Crippen molar-refractivity contribution in [2.75, 3.05) is 11.9 Å². The van der Waals surface area contributed by atoms with Crippen LogP contribution in [0.25, 0.3) is 0 Å². The lowest BCUT2D eigenvalue weighted by Gasteiger charge is -2.12. The predicted molar refractivity (Wildman–Crippen MR) is 105 cm³/mol. The Balaban J connectivity index is 2.04. The molecule has 0 radical (unpaired) electrons. The second-order valence-corrected chi connectivity index (χ2v) is 8.09. The summed E-state index contributed by atoms with van der Waals surface area (Å²) in [4.78, 5) is 22.2. The second-order valence-electron chi connectivity index (χ2n) is 6.32. The molecule has 3 N–H and O–H groups in total. The molecule has 0 bridgehead atoms. The molecule has 0 fully saturated rings. The fraction of sp³-hybridized carbons (Fsp3) is 0.278. The van der Waals surface area contributed by atoms with Gasteiger partial charge in [-0.3, -0.25) is 14.9 Å². The van der Waals surface area contributed by atoms with Crippen LogP contribution < -0.4 is 15.4 Å². The molecule has 2 aromatic rings. The molecule has 0 spiro atoms. The van der Waals surface area contributed by atoms with Gasteiger partial charge in [0.05, 0.1) is 16.4 Å². The maximum atomic E-state index is 12.4. The molecule has 1 amide bonds. The number of amides is 1. The minimum atomic E-state index is -4.08. The number of sulfonamides is 1. The van der Waals surface area contributed by atoms with Crippen LogP contribution in [-0.4, -0.2) is 31.8 Å². The molecule has 150 valence electrons. The smallest absolute Gasteiger partial charge is 0.293 e. The Morgan fingerprint density at radius 1 is 1.14 bits per heavy atom. The molecule has 0 atom stereocenters. The maximum absolute atomic E-state index is 12.4. The van der Waals surface area contributed by atoms with Gasteiger partial charge in [-0.2, -0.15) is 0 Å². The second kappa shape index (κ2) is 9.29. The molecule has 2 rings (SSSR count). The average Bonchev–Trinajstić information content (AvgIpc) is 2.65. The molecular formula is C18H22N4O5S. The molecule has 0 aromatic heterocycles. The topological polar surface area (TPSA) is 130 Å². The lowest BCUT2D eigenvalue weighted by Crippen LogP contribution is -2.36. The number of carbonyl (C=O) groups is 1. The zero-order chi connectivity index (χ0) is 20.7. The Labute approximate surface area is 163 Å². The number of hydrogen-bond acceptors (Lipinski definition) is 6. The van der Waals surface area contributed by atoms with Crippen molar-refractivity contribution >= 4 is 27.3 Å². The zero-order valence-corrected chi connectivity index (χ0v) is 16.3. The highest BCUT2D eigenvalue weighted by molar-refractivity contribution is 7.89. The Morgan fingerprint density at radius 3 is 2.43 bits per heavy atom. The fourth-order valence-electron chi connectivity index (χ4n) is 2.37. The summed E-state index contributed by atoms with van der Waals surface area (Å²) in [6.45, 7) is 3.41. The minimum absolute atomic E-state index is 0.0624. The van der Waals surface area contributed by atoms with E-state index >= 15 is 0 Å². The number of anilines is 1. The van der Waals surface area contributed by atoms with Crippen LogP contribution in [0.2, 0.25) is 0 Å². The third kappa shape index (κ3) is 6.03. The van der Waals surface area contributed by atoms with Crippen molar-refractivity contribution in [2.24, 2.45) is 0 Å². The van der Waals surface area contributed by atoms with E-state index in [2.05, 4.69) is 15.4 Å². The zero-order valence-electron chi connectivity index (χ0n) is 15.5. The van der Waals surface area contributed by atoms with Gasteiger partial charge in [-0.05, 0) is 31.5 Å². The fourth-order valence-corrected chi connectivity index (χ4v) is 3.37. The molecule has 0 aliphatic rings. The van der Waals surface area contributed by atoms with E-state index in [1.807, 2.05) is 44.2 Å². The summed E-state index contributed by atoms with van der Waals surface area (Å²) in [5.74, 6) is -0.514. The van der Waals surface area contributed by atoms with Crippen LogP contribution in [0.5, 0.6) is 0 Å². The van der Waals surface area contributed by atoms with Crippen LogP contribution in [-0.2, 0) is 21.4 Å². The molecule has 28 heavy (non-hydrogen) atoms. The number of rotatable bonds is 9. The lowest BCUT2D eigenvalue weighted by atomic mass is 10.2. The van der Waals surface area contributed by atoms with E-state index in [-0.39, 0.29) is 28.9 Å². The van der Waals surface area contributed by atoms with E-state index in [0.717, 1.165) is 11.6 Å². The number of nitrogens with zero attached hydrogens (tertiary/aromatic N) is 1. The first kappa shape index (κ1) is 21.3. The van der Waals surface area contributed by atoms with Gasteiger partial charge in [0.2, 0.25) is 15.9 Å². The minimum Gasteiger partial charge on any atom is -0.377 e. The summed E-state index contributed by atoms with van der Waals surface area (Å²) in [7, 11) is -4.08. The van der Waals surface area contributed by atoms with Crippen LogP contribution in [0.3, 0.4) is 0 Å². The van der Waals surface area contributed by atoms with Gasteiger partial charge < -0.3 is 10.6 Å². The number of benzene rings is 2. The van der Waals surface area contributed by atoms with Crippen molar-refractivity contribution in [3.8, 4) is 0 Å². The van der Waals surface area contributed by atoms with E-state index in [4.69, 9.17) is 0 Å². The van der Waals surface area contributed by atoms with Gasteiger partial charge in [-0.15, -0.1) is 0 Å². The predicted octanol–water partition coefficient (Wildman–Crippen LogP) is 2.01. The van der Waals surface area contributed by atoms with E-state index in [9.17, 15) is 23.3 Å². The van der Waals surface area contributed by atoms with E-state index in [1.165, 1.54) is 12.1 Å². The summed E-state index contributed by atoms with van der Waals surface area (Å²) in [6, 6.07) is 12.7. The highest BCUT2D eigenvalue weighted by atomic mass is 32.2. The largest absolute Gasteiger partial charge is 0.377 e. The Bertz CT molecular complexity index is 946. The SMILES string of the molecule is CC(C)Nc1ccc(S(=O)(=O)NCC(=O)NCc2ccccc2)cc1[N+](=O)[O-]. The number of nitro groups is 1. The van der Waals surface area contributed by atoms with Gasteiger partial charge in [-0.25, -0.2) is 13.1 Å². The van der Waals surface area contributed by atoms with Crippen molar-refractivity contribution in [1.82, 2.24) is 10.0 Å². The molecular weight excluding hydrogens is 384 g/mol. The Hall–Kier alpha value is -2.98. The Morgan fingerprint density at radius 2 is 1.82 bits per heavy atom.